The van der Waals surface area contributed by atoms with Gasteiger partial charge in [-0.25, -0.2) is 0 Å². The van der Waals surface area contributed by atoms with Crippen LogP contribution in [-0.2, 0) is 0 Å². The summed E-state index contributed by atoms with van der Waals surface area (Å²) in [4.78, 5) is 17.7. The van der Waals surface area contributed by atoms with E-state index < -0.39 is 0 Å². The van der Waals surface area contributed by atoms with Crippen molar-refractivity contribution in [3.05, 3.63) is 64.5 Å². The van der Waals surface area contributed by atoms with Gasteiger partial charge in [-0.15, -0.1) is 11.3 Å². The largest absolute Gasteiger partial charge is 0.359 e. The number of carbonyl (C=O) groups is 1. The monoisotopic (exact) mass is 382 g/mol. The molecule has 1 aliphatic heterocycles. The standard InChI is InChI=1S/C21H26N4OS/c1-16(23-17-7-4-3-5-8-17)15-20(22)25(18-10-12-24(2)13-11-18)21(26)19-9-6-14-27-19/h3-9,14-15,18,22-23H,10-13H2,1-2H3/b16-15-,22-20?. The third-order valence-electron chi connectivity index (χ3n) is 4.73. The number of para-hydroxylation sites is 1. The molecule has 0 bridgehead atoms. The Labute approximate surface area is 164 Å². The van der Waals surface area contributed by atoms with Gasteiger partial charge >= 0.3 is 0 Å². The molecule has 1 aliphatic rings. The molecule has 0 aliphatic carbocycles. The maximum atomic E-state index is 13.1. The molecule has 142 valence electrons. The molecule has 2 N–H and O–H groups in total. The molecule has 1 fully saturated rings. The number of amidine groups is 1. The summed E-state index contributed by atoms with van der Waals surface area (Å²) in [5.41, 5.74) is 1.80. The number of amides is 1. The highest BCUT2D eigenvalue weighted by Gasteiger charge is 2.30. The lowest BCUT2D eigenvalue weighted by Gasteiger charge is -2.36. The lowest BCUT2D eigenvalue weighted by Crippen LogP contribution is -2.48. The van der Waals surface area contributed by atoms with E-state index in [-0.39, 0.29) is 17.8 Å². The Kier molecular flexibility index (Phi) is 6.42. The normalized spacial score (nSPS) is 16.1. The second-order valence-corrected chi connectivity index (χ2v) is 7.84. The number of benzene rings is 1. The van der Waals surface area contributed by atoms with Gasteiger partial charge in [0.25, 0.3) is 5.91 Å². The van der Waals surface area contributed by atoms with Gasteiger partial charge in [-0.05, 0) is 69.6 Å². The fraction of sp³-hybridized carbons (Fsp3) is 0.333. The molecular weight excluding hydrogens is 356 g/mol. The third kappa shape index (κ3) is 5.05. The van der Waals surface area contributed by atoms with E-state index in [4.69, 9.17) is 5.41 Å². The topological polar surface area (TPSA) is 59.4 Å². The summed E-state index contributed by atoms with van der Waals surface area (Å²) in [6, 6.07) is 13.6. The Hall–Kier alpha value is -2.44. The molecule has 1 amide bonds. The van der Waals surface area contributed by atoms with Gasteiger partial charge in [0, 0.05) is 17.4 Å². The van der Waals surface area contributed by atoms with Crippen LogP contribution in [0.15, 0.2) is 59.6 Å². The number of nitrogens with one attached hydrogen (secondary N) is 2. The van der Waals surface area contributed by atoms with Gasteiger partial charge in [0.1, 0.15) is 5.84 Å². The molecular formula is C21H26N4OS. The molecule has 0 saturated carbocycles. The van der Waals surface area contributed by atoms with Crippen molar-refractivity contribution in [2.45, 2.75) is 25.8 Å². The molecule has 2 heterocycles. The summed E-state index contributed by atoms with van der Waals surface area (Å²) in [7, 11) is 2.10. The van der Waals surface area contributed by atoms with Crippen LogP contribution in [-0.4, -0.2) is 47.7 Å². The lowest BCUT2D eigenvalue weighted by molar-refractivity contribution is 0.0753. The first kappa shape index (κ1) is 19.3. The van der Waals surface area contributed by atoms with E-state index >= 15 is 0 Å². The van der Waals surface area contributed by atoms with Gasteiger partial charge in [0.15, 0.2) is 0 Å². The second-order valence-electron chi connectivity index (χ2n) is 6.89. The number of piperidine rings is 1. The average molecular weight is 383 g/mol. The number of rotatable bonds is 5. The van der Waals surface area contributed by atoms with Crippen LogP contribution in [0.2, 0.25) is 0 Å². The van der Waals surface area contributed by atoms with Crippen LogP contribution >= 0.6 is 11.3 Å². The smallest absolute Gasteiger partial charge is 0.269 e. The SMILES string of the molecule is C/C(=C/C(=N)N(C(=O)c1cccs1)C1CCN(C)CC1)Nc1ccccc1. The van der Waals surface area contributed by atoms with Gasteiger partial charge in [-0.1, -0.05) is 24.3 Å². The van der Waals surface area contributed by atoms with Crippen LogP contribution in [0.1, 0.15) is 29.4 Å². The molecule has 1 saturated heterocycles. The molecule has 0 spiro atoms. The molecule has 5 nitrogen and oxygen atoms in total. The second kappa shape index (κ2) is 8.97. The van der Waals surface area contributed by atoms with Gasteiger partial charge in [0.2, 0.25) is 0 Å². The zero-order valence-electron chi connectivity index (χ0n) is 15.8. The molecule has 2 aromatic rings. The maximum Gasteiger partial charge on any atom is 0.269 e. The first-order valence-electron chi connectivity index (χ1n) is 9.19. The highest BCUT2D eigenvalue weighted by molar-refractivity contribution is 7.12. The number of hydrogen-bond acceptors (Lipinski definition) is 5. The molecule has 0 unspecified atom stereocenters. The van der Waals surface area contributed by atoms with E-state index in [0.717, 1.165) is 37.3 Å². The molecule has 3 rings (SSSR count). The van der Waals surface area contributed by atoms with Crippen molar-refractivity contribution in [1.29, 1.82) is 5.41 Å². The average Bonchev–Trinajstić information content (AvgIpc) is 3.19. The van der Waals surface area contributed by atoms with E-state index in [0.29, 0.717) is 4.88 Å². The van der Waals surface area contributed by atoms with Crippen molar-refractivity contribution < 1.29 is 4.79 Å². The van der Waals surface area contributed by atoms with Gasteiger partial charge in [-0.2, -0.15) is 0 Å². The first-order valence-corrected chi connectivity index (χ1v) is 10.1. The molecule has 27 heavy (non-hydrogen) atoms. The van der Waals surface area contributed by atoms with E-state index in [1.165, 1.54) is 11.3 Å². The van der Waals surface area contributed by atoms with Crippen LogP contribution < -0.4 is 5.32 Å². The van der Waals surface area contributed by atoms with Crippen LogP contribution in [0.5, 0.6) is 0 Å². The minimum Gasteiger partial charge on any atom is -0.359 e. The number of likely N-dealkylation sites (tertiary alicyclic amines) is 1. The van der Waals surface area contributed by atoms with Crippen LogP contribution in [0.4, 0.5) is 5.69 Å². The zero-order chi connectivity index (χ0) is 19.2. The van der Waals surface area contributed by atoms with Crippen LogP contribution in [0.3, 0.4) is 0 Å². The predicted molar refractivity (Wildman–Crippen MR) is 113 cm³/mol. The van der Waals surface area contributed by atoms with Crippen molar-refractivity contribution in [3.63, 3.8) is 0 Å². The minimum absolute atomic E-state index is 0.0593. The Morgan fingerprint density at radius 3 is 2.56 bits per heavy atom. The Balaban J connectivity index is 1.79. The maximum absolute atomic E-state index is 13.1. The van der Waals surface area contributed by atoms with Crippen molar-refractivity contribution in [2.24, 2.45) is 0 Å². The van der Waals surface area contributed by atoms with Gasteiger partial charge in [-0.3, -0.25) is 15.1 Å². The number of carbonyl (C=O) groups excluding carboxylic acids is 1. The quantitative estimate of drug-likeness (QED) is 0.599. The summed E-state index contributed by atoms with van der Waals surface area (Å²) in [5.74, 6) is 0.164. The Morgan fingerprint density at radius 2 is 1.93 bits per heavy atom. The molecule has 6 heteroatoms. The van der Waals surface area contributed by atoms with E-state index in [1.807, 2.05) is 54.8 Å². The molecule has 0 atom stereocenters. The Bertz CT molecular complexity index is 793. The molecule has 1 aromatic carbocycles. The zero-order valence-corrected chi connectivity index (χ0v) is 16.6. The summed E-state index contributed by atoms with van der Waals surface area (Å²) >= 11 is 1.43. The van der Waals surface area contributed by atoms with Crippen molar-refractivity contribution in [1.82, 2.24) is 9.80 Å². The fourth-order valence-corrected chi connectivity index (χ4v) is 3.96. The third-order valence-corrected chi connectivity index (χ3v) is 5.59. The van der Waals surface area contributed by atoms with E-state index in [1.54, 1.807) is 11.0 Å². The first-order chi connectivity index (χ1) is 13.0. The highest BCUT2D eigenvalue weighted by Crippen LogP contribution is 2.22. The van der Waals surface area contributed by atoms with Crippen LogP contribution in [0, 0.1) is 5.41 Å². The molecule has 1 aromatic heterocycles. The summed E-state index contributed by atoms with van der Waals surface area (Å²) in [6.07, 6.45) is 3.51. The Morgan fingerprint density at radius 1 is 1.22 bits per heavy atom. The molecule has 0 radical (unpaired) electrons. The number of thiophene rings is 1. The number of nitrogens with zero attached hydrogens (tertiary/aromatic N) is 2. The van der Waals surface area contributed by atoms with Crippen molar-refractivity contribution in [3.8, 4) is 0 Å². The summed E-state index contributed by atoms with van der Waals surface area (Å²) < 4.78 is 0. The fourth-order valence-electron chi connectivity index (χ4n) is 3.30. The number of allylic oxidation sites excluding steroid dienone is 1. The minimum atomic E-state index is -0.0756. The highest BCUT2D eigenvalue weighted by atomic mass is 32.1. The summed E-state index contributed by atoms with van der Waals surface area (Å²) in [5, 5.41) is 13.8. The predicted octanol–water partition coefficient (Wildman–Crippen LogP) is 4.28. The van der Waals surface area contributed by atoms with Gasteiger partial charge < -0.3 is 10.2 Å². The lowest BCUT2D eigenvalue weighted by atomic mass is 10.0. The van der Waals surface area contributed by atoms with E-state index in [2.05, 4.69) is 17.3 Å². The number of anilines is 1. The number of hydrogen-bond donors (Lipinski definition) is 2. The van der Waals surface area contributed by atoms with E-state index in [9.17, 15) is 4.79 Å². The van der Waals surface area contributed by atoms with Crippen molar-refractivity contribution in [2.75, 3.05) is 25.5 Å². The summed E-state index contributed by atoms with van der Waals surface area (Å²) in [6.45, 7) is 3.80. The van der Waals surface area contributed by atoms with Crippen LogP contribution in [0.25, 0.3) is 0 Å². The van der Waals surface area contributed by atoms with Gasteiger partial charge in [0.05, 0.1) is 4.88 Å². The van der Waals surface area contributed by atoms with Crippen molar-refractivity contribution >= 4 is 28.8 Å².